The van der Waals surface area contributed by atoms with Crippen molar-refractivity contribution < 1.29 is 0 Å². The molecule has 0 spiro atoms. The number of hydrogen-bond donors (Lipinski definition) is 0. The average Bonchev–Trinajstić information content (AvgIpc) is 2.74. The SMILES string of the molecule is CCCCC(C)n1c(C(C)Cl)nc2ccc(Br)cc21. The van der Waals surface area contributed by atoms with Gasteiger partial charge in [0.1, 0.15) is 5.82 Å². The molecule has 0 bridgehead atoms. The van der Waals surface area contributed by atoms with Crippen molar-refractivity contribution >= 4 is 38.6 Å². The zero-order valence-electron chi connectivity index (χ0n) is 11.7. The molecule has 2 atom stereocenters. The van der Waals surface area contributed by atoms with Crippen LogP contribution in [0.15, 0.2) is 22.7 Å². The predicted octanol–water partition coefficient (Wildman–Crippen LogP) is 5.85. The number of alkyl halides is 1. The van der Waals surface area contributed by atoms with Crippen molar-refractivity contribution in [3.8, 4) is 0 Å². The molecule has 19 heavy (non-hydrogen) atoms. The number of benzene rings is 1. The van der Waals surface area contributed by atoms with Crippen molar-refractivity contribution in [2.75, 3.05) is 0 Å². The number of unbranched alkanes of at least 4 members (excludes halogenated alkanes) is 1. The Bertz CT molecular complexity index is 563. The van der Waals surface area contributed by atoms with E-state index in [0.717, 1.165) is 22.2 Å². The van der Waals surface area contributed by atoms with E-state index in [4.69, 9.17) is 16.6 Å². The van der Waals surface area contributed by atoms with Gasteiger partial charge in [0, 0.05) is 10.5 Å². The summed E-state index contributed by atoms with van der Waals surface area (Å²) in [6.07, 6.45) is 3.60. The van der Waals surface area contributed by atoms with Gasteiger partial charge in [-0.05, 0) is 38.5 Å². The molecule has 0 aliphatic heterocycles. The van der Waals surface area contributed by atoms with Gasteiger partial charge in [-0.25, -0.2) is 4.98 Å². The van der Waals surface area contributed by atoms with Crippen LogP contribution in [-0.2, 0) is 0 Å². The van der Waals surface area contributed by atoms with Crippen LogP contribution in [0.3, 0.4) is 0 Å². The second-order valence-electron chi connectivity index (χ2n) is 5.08. The van der Waals surface area contributed by atoms with Gasteiger partial charge < -0.3 is 4.57 Å². The van der Waals surface area contributed by atoms with Crippen LogP contribution in [-0.4, -0.2) is 9.55 Å². The van der Waals surface area contributed by atoms with Crippen LogP contribution in [0.1, 0.15) is 57.3 Å². The van der Waals surface area contributed by atoms with Gasteiger partial charge in [-0.1, -0.05) is 35.7 Å². The first-order chi connectivity index (χ1) is 9.04. The maximum Gasteiger partial charge on any atom is 0.127 e. The minimum atomic E-state index is -0.0738. The highest BCUT2D eigenvalue weighted by molar-refractivity contribution is 9.10. The fourth-order valence-corrected chi connectivity index (χ4v) is 2.96. The van der Waals surface area contributed by atoms with Crippen LogP contribution in [0.4, 0.5) is 0 Å². The third-order valence-corrected chi connectivity index (χ3v) is 4.14. The summed E-state index contributed by atoms with van der Waals surface area (Å²) in [5, 5.41) is -0.0738. The summed E-state index contributed by atoms with van der Waals surface area (Å²) in [6.45, 7) is 6.46. The van der Waals surface area contributed by atoms with Crippen molar-refractivity contribution in [1.82, 2.24) is 9.55 Å². The number of halogens is 2. The van der Waals surface area contributed by atoms with Gasteiger partial charge in [0.25, 0.3) is 0 Å². The molecule has 0 radical (unpaired) electrons. The Balaban J connectivity index is 2.53. The van der Waals surface area contributed by atoms with E-state index >= 15 is 0 Å². The number of nitrogens with zero attached hydrogens (tertiary/aromatic N) is 2. The van der Waals surface area contributed by atoms with Gasteiger partial charge in [-0.3, -0.25) is 0 Å². The number of imidazole rings is 1. The molecule has 0 amide bonds. The lowest BCUT2D eigenvalue weighted by atomic mass is 10.1. The second-order valence-corrected chi connectivity index (χ2v) is 6.65. The molecule has 2 unspecified atom stereocenters. The molecule has 0 aliphatic carbocycles. The molecule has 2 aromatic rings. The number of rotatable bonds is 5. The van der Waals surface area contributed by atoms with Crippen LogP contribution in [0.25, 0.3) is 11.0 Å². The van der Waals surface area contributed by atoms with Gasteiger partial charge >= 0.3 is 0 Å². The fraction of sp³-hybridized carbons (Fsp3) is 0.533. The Morgan fingerprint density at radius 1 is 1.37 bits per heavy atom. The van der Waals surface area contributed by atoms with Crippen LogP contribution >= 0.6 is 27.5 Å². The molecule has 0 N–H and O–H groups in total. The van der Waals surface area contributed by atoms with E-state index in [-0.39, 0.29) is 5.38 Å². The van der Waals surface area contributed by atoms with Crippen molar-refractivity contribution in [3.63, 3.8) is 0 Å². The molecule has 0 aliphatic rings. The lowest BCUT2D eigenvalue weighted by Gasteiger charge is -2.18. The van der Waals surface area contributed by atoms with Crippen LogP contribution in [0.2, 0.25) is 0 Å². The molecular formula is C15H20BrClN2. The highest BCUT2D eigenvalue weighted by Crippen LogP contribution is 2.31. The van der Waals surface area contributed by atoms with Crippen molar-refractivity contribution in [2.45, 2.75) is 51.5 Å². The van der Waals surface area contributed by atoms with E-state index in [2.05, 4.69) is 40.4 Å². The Hall–Kier alpha value is -0.540. The van der Waals surface area contributed by atoms with Crippen molar-refractivity contribution in [2.24, 2.45) is 0 Å². The molecule has 1 aromatic carbocycles. The quantitative estimate of drug-likeness (QED) is 0.623. The van der Waals surface area contributed by atoms with E-state index in [0.29, 0.717) is 6.04 Å². The Kier molecular flexibility index (Phi) is 4.91. The molecule has 0 saturated carbocycles. The zero-order chi connectivity index (χ0) is 14.0. The van der Waals surface area contributed by atoms with Gasteiger partial charge in [0.15, 0.2) is 0 Å². The molecule has 0 saturated heterocycles. The summed E-state index contributed by atoms with van der Waals surface area (Å²) in [5.41, 5.74) is 2.19. The molecule has 0 fully saturated rings. The molecule has 1 aromatic heterocycles. The highest BCUT2D eigenvalue weighted by atomic mass is 79.9. The normalized spacial score (nSPS) is 14.8. The summed E-state index contributed by atoms with van der Waals surface area (Å²) in [5.74, 6) is 0.971. The van der Waals surface area contributed by atoms with E-state index in [9.17, 15) is 0 Å². The third kappa shape index (κ3) is 3.14. The lowest BCUT2D eigenvalue weighted by Crippen LogP contribution is -2.10. The van der Waals surface area contributed by atoms with Crippen LogP contribution in [0.5, 0.6) is 0 Å². The van der Waals surface area contributed by atoms with Gasteiger partial charge in [-0.15, -0.1) is 11.6 Å². The fourth-order valence-electron chi connectivity index (χ4n) is 2.46. The maximum absolute atomic E-state index is 6.30. The highest BCUT2D eigenvalue weighted by Gasteiger charge is 2.18. The zero-order valence-corrected chi connectivity index (χ0v) is 14.0. The summed E-state index contributed by atoms with van der Waals surface area (Å²) in [7, 11) is 0. The van der Waals surface area contributed by atoms with E-state index in [1.54, 1.807) is 0 Å². The molecule has 1 heterocycles. The van der Waals surface area contributed by atoms with Gasteiger partial charge in [-0.2, -0.15) is 0 Å². The molecule has 2 nitrogen and oxygen atoms in total. The first kappa shape index (κ1) is 14.9. The van der Waals surface area contributed by atoms with Crippen molar-refractivity contribution in [1.29, 1.82) is 0 Å². The number of aromatic nitrogens is 2. The molecule has 104 valence electrons. The Morgan fingerprint density at radius 2 is 2.11 bits per heavy atom. The minimum absolute atomic E-state index is 0.0738. The van der Waals surface area contributed by atoms with Crippen molar-refractivity contribution in [3.05, 3.63) is 28.5 Å². The third-order valence-electron chi connectivity index (χ3n) is 3.45. The van der Waals surface area contributed by atoms with Gasteiger partial charge in [0.2, 0.25) is 0 Å². The largest absolute Gasteiger partial charge is 0.324 e. The van der Waals surface area contributed by atoms with E-state index in [1.807, 2.05) is 19.1 Å². The first-order valence-corrected chi connectivity index (χ1v) is 8.09. The van der Waals surface area contributed by atoms with Crippen LogP contribution in [0, 0.1) is 0 Å². The van der Waals surface area contributed by atoms with E-state index < -0.39 is 0 Å². The number of hydrogen-bond acceptors (Lipinski definition) is 1. The first-order valence-electron chi connectivity index (χ1n) is 6.86. The monoisotopic (exact) mass is 342 g/mol. The lowest BCUT2D eigenvalue weighted by molar-refractivity contribution is 0.480. The smallest absolute Gasteiger partial charge is 0.127 e. The average molecular weight is 344 g/mol. The topological polar surface area (TPSA) is 17.8 Å². The summed E-state index contributed by atoms with van der Waals surface area (Å²) in [4.78, 5) is 4.69. The number of fused-ring (bicyclic) bond motifs is 1. The Morgan fingerprint density at radius 3 is 2.74 bits per heavy atom. The summed E-state index contributed by atoms with van der Waals surface area (Å²) >= 11 is 9.84. The summed E-state index contributed by atoms with van der Waals surface area (Å²) in [6, 6.07) is 6.63. The summed E-state index contributed by atoms with van der Waals surface area (Å²) < 4.78 is 3.38. The second kappa shape index (κ2) is 6.27. The molecular weight excluding hydrogens is 324 g/mol. The van der Waals surface area contributed by atoms with E-state index in [1.165, 1.54) is 18.4 Å². The predicted molar refractivity (Wildman–Crippen MR) is 85.9 cm³/mol. The van der Waals surface area contributed by atoms with Crippen LogP contribution < -0.4 is 0 Å². The Labute approximate surface area is 128 Å². The van der Waals surface area contributed by atoms with Gasteiger partial charge in [0.05, 0.1) is 16.4 Å². The molecule has 4 heteroatoms. The standard InChI is InChI=1S/C15H20BrClN2/c1-4-5-6-10(2)19-14-9-12(16)7-8-13(14)18-15(19)11(3)17/h7-11H,4-6H2,1-3H3. The molecule has 2 rings (SSSR count). The minimum Gasteiger partial charge on any atom is -0.324 e. The maximum atomic E-state index is 6.30.